The van der Waals surface area contributed by atoms with E-state index in [0.29, 0.717) is 10.9 Å². The first-order valence-electron chi connectivity index (χ1n) is 6.66. The van der Waals surface area contributed by atoms with Crippen LogP contribution < -0.4 is 0 Å². The summed E-state index contributed by atoms with van der Waals surface area (Å²) in [4.78, 5) is 1.51. The quantitative estimate of drug-likeness (QED) is 0.660. The lowest BCUT2D eigenvalue weighted by atomic mass is 10.2. The van der Waals surface area contributed by atoms with Crippen molar-refractivity contribution in [2.45, 2.75) is 30.4 Å². The van der Waals surface area contributed by atoms with Gasteiger partial charge >= 0.3 is 0 Å². The zero-order valence-corrected chi connectivity index (χ0v) is 11.8. The van der Waals surface area contributed by atoms with Crippen molar-refractivity contribution < 1.29 is 0 Å². The number of rotatable bonds is 6. The van der Waals surface area contributed by atoms with Gasteiger partial charge in [0.15, 0.2) is 4.90 Å². The Kier molecular flexibility index (Phi) is 5.35. The molecule has 0 nitrogen and oxygen atoms in total. The average molecular weight is 257 g/mol. The van der Waals surface area contributed by atoms with Crippen molar-refractivity contribution in [3.05, 3.63) is 66.2 Å². The maximum Gasteiger partial charge on any atom is 0.155 e. The fourth-order valence-electron chi connectivity index (χ4n) is 1.98. The zero-order chi connectivity index (χ0) is 12.6. The summed E-state index contributed by atoms with van der Waals surface area (Å²) in [7, 11) is 0.361. The summed E-state index contributed by atoms with van der Waals surface area (Å²) < 4.78 is 0. The standard InChI is InChI=1S/C17H21S/c1-2-3-14-18(17-12-8-5-9-13-17)15-16-10-6-4-7-11-16/h4-13H,2-3,14-15H2,1H3/q+1. The molecule has 0 bridgehead atoms. The molecule has 0 spiro atoms. The smallest absolute Gasteiger partial charge is 0.0652 e. The number of hydrogen-bond donors (Lipinski definition) is 0. The van der Waals surface area contributed by atoms with Gasteiger partial charge in [-0.25, -0.2) is 0 Å². The van der Waals surface area contributed by atoms with Crippen LogP contribution in [-0.2, 0) is 16.6 Å². The molecule has 18 heavy (non-hydrogen) atoms. The van der Waals surface area contributed by atoms with E-state index in [2.05, 4.69) is 67.6 Å². The molecule has 0 heterocycles. The molecule has 2 aromatic rings. The Morgan fingerprint density at radius 1 is 0.833 bits per heavy atom. The molecule has 0 fully saturated rings. The number of unbranched alkanes of at least 4 members (excludes halogenated alkanes) is 1. The van der Waals surface area contributed by atoms with Crippen LogP contribution in [0.2, 0.25) is 0 Å². The van der Waals surface area contributed by atoms with Crippen molar-refractivity contribution in [2.75, 3.05) is 5.75 Å². The van der Waals surface area contributed by atoms with Gasteiger partial charge in [-0.3, -0.25) is 0 Å². The fraction of sp³-hybridized carbons (Fsp3) is 0.294. The predicted molar refractivity (Wildman–Crippen MR) is 82.0 cm³/mol. The zero-order valence-electron chi connectivity index (χ0n) is 11.0. The van der Waals surface area contributed by atoms with E-state index in [9.17, 15) is 0 Å². The van der Waals surface area contributed by atoms with Crippen LogP contribution in [-0.4, -0.2) is 5.75 Å². The van der Waals surface area contributed by atoms with Crippen LogP contribution in [0.15, 0.2) is 65.6 Å². The molecule has 0 aliphatic carbocycles. The molecule has 0 aliphatic heterocycles. The van der Waals surface area contributed by atoms with E-state index in [-0.39, 0.29) is 0 Å². The van der Waals surface area contributed by atoms with Crippen LogP contribution in [0.3, 0.4) is 0 Å². The van der Waals surface area contributed by atoms with Gasteiger partial charge in [0.2, 0.25) is 0 Å². The summed E-state index contributed by atoms with van der Waals surface area (Å²) in [6, 6.07) is 21.8. The van der Waals surface area contributed by atoms with Crippen LogP contribution in [0, 0.1) is 0 Å². The van der Waals surface area contributed by atoms with Crippen molar-refractivity contribution >= 4 is 10.9 Å². The Labute approximate surface area is 113 Å². The van der Waals surface area contributed by atoms with Crippen LogP contribution in [0.5, 0.6) is 0 Å². The van der Waals surface area contributed by atoms with Gasteiger partial charge in [0.1, 0.15) is 11.5 Å². The summed E-state index contributed by atoms with van der Waals surface area (Å²) in [5, 5.41) is 0. The third kappa shape index (κ3) is 3.92. The van der Waals surface area contributed by atoms with Gasteiger partial charge in [0.25, 0.3) is 0 Å². The number of benzene rings is 2. The highest BCUT2D eigenvalue weighted by Gasteiger charge is 2.21. The summed E-state index contributed by atoms with van der Waals surface area (Å²) in [5.41, 5.74) is 1.46. The minimum atomic E-state index is 0.361. The second-order valence-electron chi connectivity index (χ2n) is 4.49. The van der Waals surface area contributed by atoms with Crippen molar-refractivity contribution in [2.24, 2.45) is 0 Å². The molecule has 2 rings (SSSR count). The second-order valence-corrected chi connectivity index (χ2v) is 6.65. The summed E-state index contributed by atoms with van der Waals surface area (Å²) in [6.45, 7) is 2.27. The minimum absolute atomic E-state index is 0.361. The van der Waals surface area contributed by atoms with Gasteiger partial charge in [-0.2, -0.15) is 0 Å². The van der Waals surface area contributed by atoms with Crippen molar-refractivity contribution in [1.29, 1.82) is 0 Å². The maximum atomic E-state index is 2.28. The van der Waals surface area contributed by atoms with Crippen molar-refractivity contribution in [1.82, 2.24) is 0 Å². The monoisotopic (exact) mass is 257 g/mol. The third-order valence-electron chi connectivity index (χ3n) is 3.00. The van der Waals surface area contributed by atoms with Gasteiger partial charge in [-0.05, 0) is 18.6 Å². The Morgan fingerprint density at radius 2 is 1.44 bits per heavy atom. The molecule has 1 unspecified atom stereocenters. The first-order valence-corrected chi connectivity index (χ1v) is 8.23. The first-order chi connectivity index (χ1) is 8.90. The van der Waals surface area contributed by atoms with Crippen LogP contribution in [0.4, 0.5) is 0 Å². The molecule has 0 N–H and O–H groups in total. The Hall–Kier alpha value is -1.21. The molecule has 0 saturated carbocycles. The Balaban J connectivity index is 2.10. The molecular weight excluding hydrogens is 236 g/mol. The van der Waals surface area contributed by atoms with E-state index in [1.54, 1.807) is 0 Å². The van der Waals surface area contributed by atoms with Gasteiger partial charge in [0.05, 0.1) is 0 Å². The van der Waals surface area contributed by atoms with E-state index < -0.39 is 0 Å². The van der Waals surface area contributed by atoms with E-state index in [1.807, 2.05) is 0 Å². The van der Waals surface area contributed by atoms with E-state index in [0.717, 1.165) is 0 Å². The molecule has 1 atom stereocenters. The summed E-state index contributed by atoms with van der Waals surface area (Å²) >= 11 is 0. The third-order valence-corrected chi connectivity index (χ3v) is 5.41. The van der Waals surface area contributed by atoms with Gasteiger partial charge in [-0.1, -0.05) is 61.9 Å². The molecule has 0 amide bonds. The molecule has 1 heteroatoms. The molecule has 0 saturated heterocycles. The lowest BCUT2D eigenvalue weighted by Crippen LogP contribution is -2.11. The van der Waals surface area contributed by atoms with Crippen molar-refractivity contribution in [3.63, 3.8) is 0 Å². The first kappa shape index (κ1) is 13.2. The van der Waals surface area contributed by atoms with E-state index in [1.165, 1.54) is 34.8 Å². The SMILES string of the molecule is CCCC[S+](Cc1ccccc1)c1ccccc1. The highest BCUT2D eigenvalue weighted by Crippen LogP contribution is 2.20. The van der Waals surface area contributed by atoms with Gasteiger partial charge in [0, 0.05) is 16.5 Å². The molecule has 2 aromatic carbocycles. The van der Waals surface area contributed by atoms with Crippen LogP contribution in [0.25, 0.3) is 0 Å². The van der Waals surface area contributed by atoms with Crippen LogP contribution in [0.1, 0.15) is 25.3 Å². The van der Waals surface area contributed by atoms with E-state index >= 15 is 0 Å². The molecule has 0 radical (unpaired) electrons. The van der Waals surface area contributed by atoms with Gasteiger partial charge < -0.3 is 0 Å². The predicted octanol–water partition coefficient (Wildman–Crippen LogP) is 4.66. The molecule has 0 aliphatic rings. The molecular formula is C17H21S+. The molecule has 94 valence electrons. The highest BCUT2D eigenvalue weighted by molar-refractivity contribution is 7.96. The highest BCUT2D eigenvalue weighted by atomic mass is 32.2. The second kappa shape index (κ2) is 7.27. The van der Waals surface area contributed by atoms with Crippen LogP contribution >= 0.6 is 0 Å². The topological polar surface area (TPSA) is 0 Å². The largest absolute Gasteiger partial charge is 0.155 e. The Morgan fingerprint density at radius 3 is 2.06 bits per heavy atom. The lowest BCUT2D eigenvalue weighted by Gasteiger charge is -2.08. The van der Waals surface area contributed by atoms with Gasteiger partial charge in [-0.15, -0.1) is 0 Å². The fourth-order valence-corrected chi connectivity index (χ4v) is 4.30. The molecule has 0 aromatic heterocycles. The van der Waals surface area contributed by atoms with Crippen molar-refractivity contribution in [3.8, 4) is 0 Å². The minimum Gasteiger partial charge on any atom is -0.0652 e. The average Bonchev–Trinajstić information content (AvgIpc) is 2.45. The maximum absolute atomic E-state index is 2.28. The normalized spacial score (nSPS) is 12.3. The summed E-state index contributed by atoms with van der Waals surface area (Å²) in [6.07, 6.45) is 2.61. The summed E-state index contributed by atoms with van der Waals surface area (Å²) in [5.74, 6) is 2.50. The number of hydrogen-bond acceptors (Lipinski definition) is 0. The lowest BCUT2D eigenvalue weighted by molar-refractivity contribution is 0.891. The Bertz CT molecular complexity index is 436. The van der Waals surface area contributed by atoms with E-state index in [4.69, 9.17) is 0 Å².